The number of rotatable bonds is 10. The summed E-state index contributed by atoms with van der Waals surface area (Å²) in [4.78, 5) is 12.9. The summed E-state index contributed by atoms with van der Waals surface area (Å²) in [6.45, 7) is 3.15. The van der Waals surface area contributed by atoms with Crippen LogP contribution in [0.25, 0.3) is 5.69 Å². The van der Waals surface area contributed by atoms with Gasteiger partial charge < -0.3 is 14.8 Å². The Balaban J connectivity index is 1.46. The SMILES string of the molecule is CCCCOc1ccc(CNC(=O)c2nnn(-c3ccccc3)c2C2CC2)cc1OC. The van der Waals surface area contributed by atoms with E-state index in [0.717, 1.165) is 42.6 Å². The zero-order chi connectivity index (χ0) is 21.6. The number of unbranched alkanes of at least 4 members (excludes halogenated alkanes) is 1. The summed E-state index contributed by atoms with van der Waals surface area (Å²) in [6.07, 6.45) is 4.17. The highest BCUT2D eigenvalue weighted by Gasteiger charge is 2.34. The van der Waals surface area contributed by atoms with Crippen LogP contribution in [-0.2, 0) is 6.54 Å². The van der Waals surface area contributed by atoms with Gasteiger partial charge in [-0.05, 0) is 49.1 Å². The number of hydrogen-bond acceptors (Lipinski definition) is 5. The Morgan fingerprint density at radius 1 is 1.16 bits per heavy atom. The summed E-state index contributed by atoms with van der Waals surface area (Å²) >= 11 is 0. The predicted molar refractivity (Wildman–Crippen MR) is 118 cm³/mol. The monoisotopic (exact) mass is 420 g/mol. The van der Waals surface area contributed by atoms with E-state index in [1.807, 2.05) is 48.5 Å². The minimum absolute atomic E-state index is 0.216. The minimum atomic E-state index is -0.216. The van der Waals surface area contributed by atoms with E-state index >= 15 is 0 Å². The molecule has 4 rings (SSSR count). The third-order valence-electron chi connectivity index (χ3n) is 5.32. The summed E-state index contributed by atoms with van der Waals surface area (Å²) in [6, 6.07) is 15.5. The number of carbonyl (C=O) groups is 1. The fraction of sp³-hybridized carbons (Fsp3) is 0.375. The number of methoxy groups -OCH3 is 1. The van der Waals surface area contributed by atoms with Crippen molar-refractivity contribution in [3.8, 4) is 17.2 Å². The van der Waals surface area contributed by atoms with Crippen molar-refractivity contribution in [2.24, 2.45) is 0 Å². The molecule has 1 N–H and O–H groups in total. The molecule has 1 aliphatic rings. The van der Waals surface area contributed by atoms with Crippen molar-refractivity contribution in [2.45, 2.75) is 45.1 Å². The first kappa shape index (κ1) is 20.9. The number of carbonyl (C=O) groups excluding carboxylic acids is 1. The van der Waals surface area contributed by atoms with Crippen LogP contribution in [0.2, 0.25) is 0 Å². The highest BCUT2D eigenvalue weighted by atomic mass is 16.5. The van der Waals surface area contributed by atoms with Gasteiger partial charge in [0, 0.05) is 12.5 Å². The van der Waals surface area contributed by atoms with Crippen molar-refractivity contribution in [2.75, 3.05) is 13.7 Å². The van der Waals surface area contributed by atoms with E-state index in [1.165, 1.54) is 0 Å². The molecular weight excluding hydrogens is 392 g/mol. The molecule has 3 aromatic rings. The maximum atomic E-state index is 12.9. The second-order valence-electron chi connectivity index (χ2n) is 7.71. The van der Waals surface area contributed by atoms with Gasteiger partial charge in [0.15, 0.2) is 17.2 Å². The summed E-state index contributed by atoms with van der Waals surface area (Å²) in [5, 5.41) is 11.5. The number of nitrogens with zero attached hydrogens (tertiary/aromatic N) is 3. The van der Waals surface area contributed by atoms with Gasteiger partial charge in [-0.15, -0.1) is 5.10 Å². The van der Waals surface area contributed by atoms with E-state index in [4.69, 9.17) is 9.47 Å². The lowest BCUT2D eigenvalue weighted by Crippen LogP contribution is -2.24. The molecule has 1 aromatic heterocycles. The number of aromatic nitrogens is 3. The molecule has 1 amide bonds. The molecule has 0 aliphatic heterocycles. The van der Waals surface area contributed by atoms with Gasteiger partial charge in [0.2, 0.25) is 0 Å². The van der Waals surface area contributed by atoms with Crippen LogP contribution in [-0.4, -0.2) is 34.6 Å². The van der Waals surface area contributed by atoms with E-state index in [-0.39, 0.29) is 5.91 Å². The lowest BCUT2D eigenvalue weighted by molar-refractivity contribution is 0.0944. The Hall–Kier alpha value is -3.35. The molecule has 7 heteroatoms. The van der Waals surface area contributed by atoms with Gasteiger partial charge in [0.05, 0.1) is 25.1 Å². The van der Waals surface area contributed by atoms with E-state index in [1.54, 1.807) is 11.8 Å². The molecule has 0 radical (unpaired) electrons. The molecule has 1 saturated carbocycles. The Bertz CT molecular complexity index is 1030. The lowest BCUT2D eigenvalue weighted by atomic mass is 10.1. The third kappa shape index (κ3) is 4.87. The largest absolute Gasteiger partial charge is 0.493 e. The summed E-state index contributed by atoms with van der Waals surface area (Å²) in [7, 11) is 1.62. The van der Waals surface area contributed by atoms with Gasteiger partial charge in [-0.3, -0.25) is 4.79 Å². The topological polar surface area (TPSA) is 78.3 Å². The molecule has 0 unspecified atom stereocenters. The van der Waals surface area contributed by atoms with Crippen LogP contribution in [0, 0.1) is 0 Å². The minimum Gasteiger partial charge on any atom is -0.493 e. The van der Waals surface area contributed by atoms with Crippen molar-refractivity contribution in [1.29, 1.82) is 0 Å². The molecule has 162 valence electrons. The molecule has 0 spiro atoms. The summed E-state index contributed by atoms with van der Waals surface area (Å²) < 4.78 is 13.0. The average molecular weight is 421 g/mol. The first-order valence-corrected chi connectivity index (χ1v) is 10.8. The smallest absolute Gasteiger partial charge is 0.274 e. The molecule has 31 heavy (non-hydrogen) atoms. The Labute approximate surface area is 182 Å². The number of ether oxygens (including phenoxy) is 2. The second-order valence-corrected chi connectivity index (χ2v) is 7.71. The average Bonchev–Trinajstić information content (AvgIpc) is 3.56. The van der Waals surface area contributed by atoms with Crippen LogP contribution in [0.15, 0.2) is 48.5 Å². The number of amides is 1. The van der Waals surface area contributed by atoms with Crippen LogP contribution in [0.4, 0.5) is 0 Å². The fourth-order valence-corrected chi connectivity index (χ4v) is 3.47. The van der Waals surface area contributed by atoms with Gasteiger partial charge in [-0.25, -0.2) is 4.68 Å². The quantitative estimate of drug-likeness (QED) is 0.496. The van der Waals surface area contributed by atoms with Gasteiger partial charge >= 0.3 is 0 Å². The molecule has 1 fully saturated rings. The highest BCUT2D eigenvalue weighted by Crippen LogP contribution is 2.42. The van der Waals surface area contributed by atoms with Crippen molar-refractivity contribution >= 4 is 5.91 Å². The summed E-state index contributed by atoms with van der Waals surface area (Å²) in [5.74, 6) is 1.49. The van der Waals surface area contributed by atoms with Gasteiger partial charge in [0.25, 0.3) is 5.91 Å². The third-order valence-corrected chi connectivity index (χ3v) is 5.32. The molecule has 1 heterocycles. The predicted octanol–water partition coefficient (Wildman–Crippen LogP) is 4.26. The van der Waals surface area contributed by atoms with Gasteiger partial charge in [-0.1, -0.05) is 42.8 Å². The zero-order valence-electron chi connectivity index (χ0n) is 18.0. The van der Waals surface area contributed by atoms with Crippen molar-refractivity contribution < 1.29 is 14.3 Å². The molecule has 2 aromatic carbocycles. The molecular formula is C24H28N4O3. The van der Waals surface area contributed by atoms with Crippen LogP contribution >= 0.6 is 0 Å². The Morgan fingerprint density at radius 3 is 2.68 bits per heavy atom. The number of benzene rings is 2. The number of para-hydroxylation sites is 1. The normalized spacial score (nSPS) is 13.1. The zero-order valence-corrected chi connectivity index (χ0v) is 18.0. The van der Waals surface area contributed by atoms with Gasteiger partial charge in [-0.2, -0.15) is 0 Å². The molecule has 0 atom stereocenters. The molecule has 7 nitrogen and oxygen atoms in total. The maximum Gasteiger partial charge on any atom is 0.274 e. The van der Waals surface area contributed by atoms with E-state index < -0.39 is 0 Å². The van der Waals surface area contributed by atoms with Crippen molar-refractivity contribution in [3.05, 3.63) is 65.5 Å². The second kappa shape index (κ2) is 9.64. The van der Waals surface area contributed by atoms with Gasteiger partial charge in [0.1, 0.15) is 0 Å². The standard InChI is InChI=1S/C24H28N4O3/c1-3-4-14-31-20-13-10-17(15-21(20)30-2)16-25-24(29)22-23(18-11-12-18)28(27-26-22)19-8-6-5-7-9-19/h5-10,13,15,18H,3-4,11-12,14,16H2,1-2H3,(H,25,29). The Kier molecular flexibility index (Phi) is 6.50. The summed E-state index contributed by atoms with van der Waals surface area (Å²) in [5.41, 5.74) is 3.13. The van der Waals surface area contributed by atoms with Crippen LogP contribution in [0.3, 0.4) is 0 Å². The van der Waals surface area contributed by atoms with Crippen molar-refractivity contribution in [1.82, 2.24) is 20.3 Å². The molecule has 0 bridgehead atoms. The number of nitrogens with one attached hydrogen (secondary N) is 1. The fourth-order valence-electron chi connectivity index (χ4n) is 3.47. The number of hydrogen-bond donors (Lipinski definition) is 1. The highest BCUT2D eigenvalue weighted by molar-refractivity contribution is 5.93. The molecule has 0 saturated heterocycles. The lowest BCUT2D eigenvalue weighted by Gasteiger charge is -2.12. The van der Waals surface area contributed by atoms with Crippen LogP contribution in [0.1, 0.15) is 60.3 Å². The van der Waals surface area contributed by atoms with E-state index in [2.05, 4.69) is 22.6 Å². The van der Waals surface area contributed by atoms with E-state index in [9.17, 15) is 4.79 Å². The Morgan fingerprint density at radius 2 is 1.97 bits per heavy atom. The first-order chi connectivity index (χ1) is 15.2. The van der Waals surface area contributed by atoms with Crippen LogP contribution in [0.5, 0.6) is 11.5 Å². The molecule has 1 aliphatic carbocycles. The van der Waals surface area contributed by atoms with E-state index in [0.29, 0.717) is 36.3 Å². The van der Waals surface area contributed by atoms with Crippen LogP contribution < -0.4 is 14.8 Å². The van der Waals surface area contributed by atoms with Crippen molar-refractivity contribution in [3.63, 3.8) is 0 Å². The first-order valence-electron chi connectivity index (χ1n) is 10.8. The maximum absolute atomic E-state index is 12.9.